The lowest BCUT2D eigenvalue weighted by atomic mass is 10.1. The topological polar surface area (TPSA) is 71.9 Å². The van der Waals surface area contributed by atoms with Crippen molar-refractivity contribution in [2.45, 2.75) is 19.3 Å². The molecule has 0 aliphatic carbocycles. The molecule has 3 rings (SSSR count). The lowest BCUT2D eigenvalue weighted by Crippen LogP contribution is -2.45. The van der Waals surface area contributed by atoms with Gasteiger partial charge >= 0.3 is 5.97 Å². The standard InChI is InChI=1S/C18H20N2O4/c21-18(22)17-12-20(8-9-23-17)11-14-4-3-6-16(10-14)24-13-15-5-1-2-7-19-15/h1-7,10,17H,8-9,11-13H2,(H,21,22)/t17-/m0/s1. The van der Waals surface area contributed by atoms with Crippen LogP contribution in [0.25, 0.3) is 0 Å². The van der Waals surface area contributed by atoms with E-state index in [2.05, 4.69) is 9.88 Å². The second-order valence-electron chi connectivity index (χ2n) is 5.69. The van der Waals surface area contributed by atoms with Crippen molar-refractivity contribution < 1.29 is 19.4 Å². The highest BCUT2D eigenvalue weighted by molar-refractivity contribution is 5.72. The van der Waals surface area contributed by atoms with Gasteiger partial charge in [0.25, 0.3) is 0 Å². The number of carboxylic acid groups (broad SMARTS) is 1. The number of ether oxygens (including phenoxy) is 2. The second-order valence-corrected chi connectivity index (χ2v) is 5.69. The Bertz CT molecular complexity index is 678. The molecule has 1 fully saturated rings. The van der Waals surface area contributed by atoms with Crippen LogP contribution in [0.5, 0.6) is 5.75 Å². The molecular weight excluding hydrogens is 308 g/mol. The van der Waals surface area contributed by atoms with E-state index in [0.717, 1.165) is 23.6 Å². The molecule has 2 heterocycles. The maximum absolute atomic E-state index is 11.0. The predicted octanol–water partition coefficient (Wildman–Crippen LogP) is 1.95. The molecule has 0 unspecified atom stereocenters. The van der Waals surface area contributed by atoms with Crippen LogP contribution in [0.15, 0.2) is 48.7 Å². The monoisotopic (exact) mass is 328 g/mol. The summed E-state index contributed by atoms with van der Waals surface area (Å²) in [6.07, 6.45) is 0.995. The Kier molecular flexibility index (Phi) is 5.40. The number of pyridine rings is 1. The van der Waals surface area contributed by atoms with E-state index in [9.17, 15) is 4.79 Å². The third kappa shape index (κ3) is 4.53. The normalized spacial score (nSPS) is 18.2. The molecule has 6 heteroatoms. The van der Waals surface area contributed by atoms with Gasteiger partial charge < -0.3 is 14.6 Å². The van der Waals surface area contributed by atoms with Crippen LogP contribution in [0, 0.1) is 0 Å². The summed E-state index contributed by atoms with van der Waals surface area (Å²) in [4.78, 5) is 17.4. The average molecular weight is 328 g/mol. The summed E-state index contributed by atoms with van der Waals surface area (Å²) in [6, 6.07) is 13.6. The van der Waals surface area contributed by atoms with Gasteiger partial charge in [0.1, 0.15) is 12.4 Å². The molecule has 1 saturated heterocycles. The third-order valence-electron chi connectivity index (χ3n) is 3.84. The van der Waals surface area contributed by atoms with Crippen molar-refractivity contribution in [1.29, 1.82) is 0 Å². The quantitative estimate of drug-likeness (QED) is 0.874. The van der Waals surface area contributed by atoms with E-state index in [1.165, 1.54) is 0 Å². The van der Waals surface area contributed by atoms with Crippen molar-refractivity contribution in [2.24, 2.45) is 0 Å². The van der Waals surface area contributed by atoms with Gasteiger partial charge in [0.15, 0.2) is 6.10 Å². The number of hydrogen-bond acceptors (Lipinski definition) is 5. The first-order valence-corrected chi connectivity index (χ1v) is 7.89. The highest BCUT2D eigenvalue weighted by Crippen LogP contribution is 2.17. The maximum Gasteiger partial charge on any atom is 0.334 e. The van der Waals surface area contributed by atoms with Crippen molar-refractivity contribution in [2.75, 3.05) is 19.7 Å². The van der Waals surface area contributed by atoms with Gasteiger partial charge in [0, 0.05) is 25.8 Å². The highest BCUT2D eigenvalue weighted by atomic mass is 16.5. The Morgan fingerprint density at radius 3 is 3.04 bits per heavy atom. The Hall–Kier alpha value is -2.44. The maximum atomic E-state index is 11.0. The molecule has 0 radical (unpaired) electrons. The van der Waals surface area contributed by atoms with Crippen LogP contribution in [0.3, 0.4) is 0 Å². The third-order valence-corrected chi connectivity index (χ3v) is 3.84. The Balaban J connectivity index is 1.58. The highest BCUT2D eigenvalue weighted by Gasteiger charge is 2.26. The van der Waals surface area contributed by atoms with Crippen LogP contribution in [-0.4, -0.2) is 46.8 Å². The van der Waals surface area contributed by atoms with E-state index in [4.69, 9.17) is 14.6 Å². The molecule has 0 spiro atoms. The van der Waals surface area contributed by atoms with Gasteiger partial charge in [-0.2, -0.15) is 0 Å². The smallest absolute Gasteiger partial charge is 0.334 e. The molecule has 2 aromatic rings. The van der Waals surface area contributed by atoms with Gasteiger partial charge in [0.05, 0.1) is 12.3 Å². The molecule has 1 aliphatic heterocycles. The van der Waals surface area contributed by atoms with E-state index in [-0.39, 0.29) is 0 Å². The van der Waals surface area contributed by atoms with Gasteiger partial charge in [-0.25, -0.2) is 4.79 Å². The number of rotatable bonds is 6. The summed E-state index contributed by atoms with van der Waals surface area (Å²) in [5.74, 6) is -0.131. The molecule has 0 bridgehead atoms. The zero-order valence-corrected chi connectivity index (χ0v) is 13.3. The summed E-state index contributed by atoms with van der Waals surface area (Å²) in [5.41, 5.74) is 1.96. The average Bonchev–Trinajstić information content (AvgIpc) is 2.61. The molecule has 1 N–H and O–H groups in total. The summed E-state index contributed by atoms with van der Waals surface area (Å²) in [7, 11) is 0. The number of carbonyl (C=O) groups is 1. The van der Waals surface area contributed by atoms with Gasteiger partial charge in [-0.3, -0.25) is 9.88 Å². The van der Waals surface area contributed by atoms with Crippen LogP contribution in [-0.2, 0) is 22.7 Å². The minimum absolute atomic E-state index is 0.397. The van der Waals surface area contributed by atoms with Gasteiger partial charge in [-0.05, 0) is 29.8 Å². The number of aliphatic carboxylic acids is 1. The lowest BCUT2D eigenvalue weighted by molar-refractivity contribution is -0.156. The zero-order valence-electron chi connectivity index (χ0n) is 13.3. The fourth-order valence-corrected chi connectivity index (χ4v) is 2.63. The number of hydrogen-bond donors (Lipinski definition) is 1. The fourth-order valence-electron chi connectivity index (χ4n) is 2.63. The van der Waals surface area contributed by atoms with Gasteiger partial charge in [-0.1, -0.05) is 18.2 Å². The Labute approximate surface area is 140 Å². The summed E-state index contributed by atoms with van der Waals surface area (Å²) in [6.45, 7) is 2.65. The summed E-state index contributed by atoms with van der Waals surface area (Å²) >= 11 is 0. The second kappa shape index (κ2) is 7.90. The molecule has 1 aromatic heterocycles. The first-order valence-electron chi connectivity index (χ1n) is 7.89. The van der Waals surface area contributed by atoms with Crippen molar-refractivity contribution in [1.82, 2.24) is 9.88 Å². The fraction of sp³-hybridized carbons (Fsp3) is 0.333. The number of aromatic nitrogens is 1. The molecule has 24 heavy (non-hydrogen) atoms. The minimum atomic E-state index is -0.910. The lowest BCUT2D eigenvalue weighted by Gasteiger charge is -2.30. The van der Waals surface area contributed by atoms with Crippen LogP contribution in [0.4, 0.5) is 0 Å². The Morgan fingerprint density at radius 1 is 1.33 bits per heavy atom. The number of carboxylic acids is 1. The molecule has 0 saturated carbocycles. The van der Waals surface area contributed by atoms with Crippen LogP contribution in [0.1, 0.15) is 11.3 Å². The van der Waals surface area contributed by atoms with E-state index in [0.29, 0.717) is 26.3 Å². The molecule has 0 amide bonds. The zero-order chi connectivity index (χ0) is 16.8. The van der Waals surface area contributed by atoms with Crippen molar-refractivity contribution in [3.8, 4) is 5.75 Å². The molecular formula is C18H20N2O4. The predicted molar refractivity (Wildman–Crippen MR) is 87.7 cm³/mol. The molecule has 1 aromatic carbocycles. The number of nitrogens with zero attached hydrogens (tertiary/aromatic N) is 2. The minimum Gasteiger partial charge on any atom is -0.487 e. The van der Waals surface area contributed by atoms with E-state index in [1.54, 1.807) is 6.20 Å². The molecule has 1 aliphatic rings. The summed E-state index contributed by atoms with van der Waals surface area (Å²) < 4.78 is 11.0. The summed E-state index contributed by atoms with van der Waals surface area (Å²) in [5, 5.41) is 9.07. The SMILES string of the molecule is O=C(O)[C@@H]1CN(Cc2cccc(OCc3ccccn3)c2)CCO1. The van der Waals surface area contributed by atoms with Crippen LogP contribution < -0.4 is 4.74 Å². The Morgan fingerprint density at radius 2 is 2.25 bits per heavy atom. The first kappa shape index (κ1) is 16.4. The van der Waals surface area contributed by atoms with Gasteiger partial charge in [-0.15, -0.1) is 0 Å². The van der Waals surface area contributed by atoms with Crippen LogP contribution in [0.2, 0.25) is 0 Å². The molecule has 1 atom stereocenters. The number of benzene rings is 1. The first-order chi connectivity index (χ1) is 11.7. The molecule has 126 valence electrons. The van der Waals surface area contributed by atoms with Crippen molar-refractivity contribution in [3.63, 3.8) is 0 Å². The van der Waals surface area contributed by atoms with Crippen LogP contribution >= 0.6 is 0 Å². The molecule has 6 nitrogen and oxygen atoms in total. The largest absolute Gasteiger partial charge is 0.487 e. The van der Waals surface area contributed by atoms with E-state index in [1.807, 2.05) is 42.5 Å². The van der Waals surface area contributed by atoms with E-state index < -0.39 is 12.1 Å². The van der Waals surface area contributed by atoms with Crippen molar-refractivity contribution in [3.05, 3.63) is 59.9 Å². The van der Waals surface area contributed by atoms with Crippen molar-refractivity contribution >= 4 is 5.97 Å². The van der Waals surface area contributed by atoms with Gasteiger partial charge in [0.2, 0.25) is 0 Å². The van der Waals surface area contributed by atoms with E-state index >= 15 is 0 Å². The number of morpholine rings is 1.